The molecule has 1 fully saturated rings. The second-order valence-electron chi connectivity index (χ2n) is 6.87. The van der Waals surface area contributed by atoms with E-state index in [1.165, 1.54) is 11.8 Å². The van der Waals surface area contributed by atoms with Crippen LogP contribution in [0.25, 0.3) is 0 Å². The minimum atomic E-state index is -0.281. The van der Waals surface area contributed by atoms with E-state index < -0.39 is 0 Å². The fourth-order valence-corrected chi connectivity index (χ4v) is 4.71. The first-order chi connectivity index (χ1) is 15.1. The molecule has 158 valence electrons. The molecule has 0 saturated carbocycles. The molecule has 2 amide bonds. The number of nitrogens with zero attached hydrogens (tertiary/aromatic N) is 1. The van der Waals surface area contributed by atoms with E-state index in [0.29, 0.717) is 34.2 Å². The van der Waals surface area contributed by atoms with Crippen LogP contribution >= 0.6 is 11.8 Å². The van der Waals surface area contributed by atoms with Gasteiger partial charge < -0.3 is 14.8 Å². The molecule has 3 aromatic carbocycles. The van der Waals surface area contributed by atoms with Gasteiger partial charge in [-0.15, -0.1) is 11.8 Å². The van der Waals surface area contributed by atoms with Crippen molar-refractivity contribution in [1.82, 2.24) is 0 Å². The van der Waals surface area contributed by atoms with Gasteiger partial charge in [-0.1, -0.05) is 30.3 Å². The van der Waals surface area contributed by atoms with Gasteiger partial charge in [0.25, 0.3) is 5.91 Å². The van der Waals surface area contributed by atoms with Gasteiger partial charge in [-0.25, -0.2) is 0 Å². The maximum absolute atomic E-state index is 12.8. The number of anilines is 2. The molecule has 1 aliphatic heterocycles. The monoisotopic (exact) mass is 434 g/mol. The Hall–Kier alpha value is -3.45. The zero-order valence-corrected chi connectivity index (χ0v) is 18.0. The summed E-state index contributed by atoms with van der Waals surface area (Å²) in [5.41, 5.74) is 2.75. The zero-order valence-electron chi connectivity index (χ0n) is 17.2. The Morgan fingerprint density at radius 3 is 2.42 bits per heavy atom. The van der Waals surface area contributed by atoms with Gasteiger partial charge in [0.05, 0.1) is 25.7 Å². The van der Waals surface area contributed by atoms with E-state index in [2.05, 4.69) is 5.32 Å². The van der Waals surface area contributed by atoms with Crippen molar-refractivity contribution in [2.45, 2.75) is 5.37 Å². The summed E-state index contributed by atoms with van der Waals surface area (Å²) in [6, 6.07) is 21.9. The molecule has 0 aromatic heterocycles. The summed E-state index contributed by atoms with van der Waals surface area (Å²) < 4.78 is 10.6. The number of carbonyl (C=O) groups excluding carboxylic acids is 2. The summed E-state index contributed by atoms with van der Waals surface area (Å²) in [6.07, 6.45) is 0. The van der Waals surface area contributed by atoms with Crippen LogP contribution < -0.4 is 19.7 Å². The first kappa shape index (κ1) is 20.8. The number of carbonyl (C=O) groups is 2. The molecule has 0 unspecified atom stereocenters. The average Bonchev–Trinajstić information content (AvgIpc) is 3.20. The van der Waals surface area contributed by atoms with Crippen molar-refractivity contribution in [3.05, 3.63) is 83.9 Å². The molecule has 6 nitrogen and oxygen atoms in total. The fourth-order valence-electron chi connectivity index (χ4n) is 3.51. The summed E-state index contributed by atoms with van der Waals surface area (Å²) in [4.78, 5) is 27.4. The number of benzene rings is 3. The van der Waals surface area contributed by atoms with Gasteiger partial charge in [0, 0.05) is 16.8 Å². The van der Waals surface area contributed by atoms with Gasteiger partial charge in [0.15, 0.2) is 0 Å². The highest BCUT2D eigenvalue weighted by molar-refractivity contribution is 8.00. The third kappa shape index (κ3) is 4.22. The van der Waals surface area contributed by atoms with E-state index in [-0.39, 0.29) is 17.2 Å². The average molecular weight is 435 g/mol. The van der Waals surface area contributed by atoms with Crippen LogP contribution in [0.5, 0.6) is 11.5 Å². The summed E-state index contributed by atoms with van der Waals surface area (Å²) in [5.74, 6) is 1.43. The Balaban J connectivity index is 1.65. The van der Waals surface area contributed by atoms with Crippen LogP contribution in [0, 0.1) is 0 Å². The molecule has 0 aliphatic carbocycles. The highest BCUT2D eigenvalue weighted by Crippen LogP contribution is 2.46. The van der Waals surface area contributed by atoms with E-state index in [0.717, 1.165) is 5.56 Å². The van der Waals surface area contributed by atoms with Crippen LogP contribution in [0.2, 0.25) is 0 Å². The molecule has 0 bridgehead atoms. The molecule has 3 aromatic rings. The lowest BCUT2D eigenvalue weighted by atomic mass is 10.1. The van der Waals surface area contributed by atoms with Crippen LogP contribution in [0.4, 0.5) is 11.4 Å². The second-order valence-corrected chi connectivity index (χ2v) is 7.94. The van der Waals surface area contributed by atoms with E-state index >= 15 is 0 Å². The lowest BCUT2D eigenvalue weighted by Gasteiger charge is -2.27. The summed E-state index contributed by atoms with van der Waals surface area (Å²) in [6.45, 7) is 0. The topological polar surface area (TPSA) is 67.9 Å². The molecule has 1 atom stereocenters. The third-order valence-corrected chi connectivity index (χ3v) is 6.23. The van der Waals surface area contributed by atoms with Crippen molar-refractivity contribution in [3.8, 4) is 11.5 Å². The summed E-state index contributed by atoms with van der Waals surface area (Å²) in [5, 5.41) is 2.71. The summed E-state index contributed by atoms with van der Waals surface area (Å²) in [7, 11) is 3.17. The highest BCUT2D eigenvalue weighted by atomic mass is 32.2. The molecular weight excluding hydrogens is 412 g/mol. The standard InChI is InChI=1S/C24H22N2O4S/c1-29-17-13-11-16(12-14-17)23(28)25-19-8-4-3-7-18(19)24-26(22(27)15-31-24)20-9-5-6-10-21(20)30-2/h3-14,24H,15H2,1-2H3,(H,25,28)/t24-/m1/s1. The first-order valence-electron chi connectivity index (χ1n) is 9.73. The lowest BCUT2D eigenvalue weighted by molar-refractivity contribution is -0.115. The van der Waals surface area contributed by atoms with Crippen molar-refractivity contribution in [3.63, 3.8) is 0 Å². The van der Waals surface area contributed by atoms with Gasteiger partial charge in [0.2, 0.25) is 5.91 Å². The van der Waals surface area contributed by atoms with Crippen LogP contribution in [-0.4, -0.2) is 31.8 Å². The molecule has 0 radical (unpaired) electrons. The van der Waals surface area contributed by atoms with Crippen molar-refractivity contribution in [1.29, 1.82) is 0 Å². The van der Waals surface area contributed by atoms with Crippen LogP contribution in [0.1, 0.15) is 21.3 Å². The maximum atomic E-state index is 12.8. The number of nitrogens with one attached hydrogen (secondary N) is 1. The first-order valence-corrected chi connectivity index (χ1v) is 10.8. The van der Waals surface area contributed by atoms with Crippen molar-refractivity contribution >= 4 is 35.0 Å². The van der Waals surface area contributed by atoms with Gasteiger partial charge in [-0.05, 0) is 42.5 Å². The van der Waals surface area contributed by atoms with E-state index in [1.54, 1.807) is 43.4 Å². The number of rotatable bonds is 6. The summed E-state index contributed by atoms with van der Waals surface area (Å²) >= 11 is 1.52. The molecule has 1 saturated heterocycles. The number of ether oxygens (including phenoxy) is 2. The maximum Gasteiger partial charge on any atom is 0.255 e. The predicted octanol–water partition coefficient (Wildman–Crippen LogP) is 4.73. The molecule has 1 aliphatic rings. The molecule has 0 spiro atoms. The van der Waals surface area contributed by atoms with Gasteiger partial charge in [-0.2, -0.15) is 0 Å². The quantitative estimate of drug-likeness (QED) is 0.607. The van der Waals surface area contributed by atoms with Crippen molar-refractivity contribution in [2.24, 2.45) is 0 Å². The number of amides is 2. The Bertz CT molecular complexity index is 1100. The largest absolute Gasteiger partial charge is 0.497 e. The molecular formula is C24H22N2O4S. The number of methoxy groups -OCH3 is 2. The minimum absolute atomic E-state index is 0.00390. The molecule has 31 heavy (non-hydrogen) atoms. The predicted molar refractivity (Wildman–Crippen MR) is 123 cm³/mol. The van der Waals surface area contributed by atoms with E-state index in [9.17, 15) is 9.59 Å². The van der Waals surface area contributed by atoms with E-state index in [4.69, 9.17) is 9.47 Å². The van der Waals surface area contributed by atoms with Gasteiger partial charge >= 0.3 is 0 Å². The number of thioether (sulfide) groups is 1. The highest BCUT2D eigenvalue weighted by Gasteiger charge is 2.36. The van der Waals surface area contributed by atoms with Crippen LogP contribution in [0.15, 0.2) is 72.8 Å². The number of hydrogen-bond acceptors (Lipinski definition) is 5. The minimum Gasteiger partial charge on any atom is -0.497 e. The Kier molecular flexibility index (Phi) is 6.13. The van der Waals surface area contributed by atoms with E-state index in [1.807, 2.05) is 48.5 Å². The molecule has 4 rings (SSSR count). The lowest BCUT2D eigenvalue weighted by Crippen LogP contribution is -2.29. The Morgan fingerprint density at radius 1 is 0.968 bits per heavy atom. The molecule has 7 heteroatoms. The van der Waals surface area contributed by atoms with Crippen LogP contribution in [-0.2, 0) is 4.79 Å². The fraction of sp³-hybridized carbons (Fsp3) is 0.167. The molecule has 1 heterocycles. The third-order valence-electron chi connectivity index (χ3n) is 5.04. The van der Waals surface area contributed by atoms with Gasteiger partial charge in [0.1, 0.15) is 16.9 Å². The SMILES string of the molecule is COc1ccc(C(=O)Nc2ccccc2[C@H]2SCC(=O)N2c2ccccc2OC)cc1. The van der Waals surface area contributed by atoms with Crippen molar-refractivity contribution in [2.75, 3.05) is 30.2 Å². The normalized spacial score (nSPS) is 15.6. The Labute approximate surface area is 185 Å². The second kappa shape index (κ2) is 9.14. The van der Waals surface area contributed by atoms with Gasteiger partial charge in [-0.3, -0.25) is 14.5 Å². The molecule has 1 N–H and O–H groups in total. The smallest absolute Gasteiger partial charge is 0.255 e. The van der Waals surface area contributed by atoms with Crippen LogP contribution in [0.3, 0.4) is 0 Å². The Morgan fingerprint density at radius 2 is 1.68 bits per heavy atom. The zero-order chi connectivity index (χ0) is 21.8. The number of para-hydroxylation sites is 3. The number of hydrogen-bond donors (Lipinski definition) is 1. The van der Waals surface area contributed by atoms with Crippen molar-refractivity contribution < 1.29 is 19.1 Å².